The molecule has 0 fully saturated rings. The Morgan fingerprint density at radius 3 is 2.67 bits per heavy atom. The number of nitrogens with zero attached hydrogens (tertiary/aromatic N) is 2. The van der Waals surface area contributed by atoms with Crippen molar-refractivity contribution in [1.82, 2.24) is 9.88 Å². The molecule has 0 aliphatic carbocycles. The molecule has 0 radical (unpaired) electrons. The Balaban J connectivity index is 2.57. The second kappa shape index (κ2) is 7.27. The summed E-state index contributed by atoms with van der Waals surface area (Å²) in [4.78, 5) is 16.5. The number of aryl methyl sites for hydroxylation is 1. The average molecular weight is 345 g/mol. The molecule has 0 aliphatic heterocycles. The van der Waals surface area contributed by atoms with Gasteiger partial charge in [-0.05, 0) is 41.8 Å². The van der Waals surface area contributed by atoms with Crippen LogP contribution in [0.5, 0.6) is 0 Å². The minimum atomic E-state index is -3.37. The number of hydrogen-bond acceptors (Lipinski definition) is 4. The molecule has 2 rings (SSSR count). The van der Waals surface area contributed by atoms with Gasteiger partial charge in [-0.2, -0.15) is 0 Å². The van der Waals surface area contributed by atoms with Crippen LogP contribution in [0.1, 0.15) is 16.7 Å². The molecular weight excluding hydrogens is 326 g/mol. The second-order valence-electron chi connectivity index (χ2n) is 5.46. The van der Waals surface area contributed by atoms with Gasteiger partial charge in [-0.1, -0.05) is 12.1 Å². The van der Waals surface area contributed by atoms with Crippen molar-refractivity contribution in [3.05, 3.63) is 65.6 Å². The van der Waals surface area contributed by atoms with Crippen LogP contribution in [-0.2, 0) is 14.8 Å². The highest BCUT2D eigenvalue weighted by Gasteiger charge is 2.11. The molecule has 0 bridgehead atoms. The maximum Gasteiger partial charge on any atom is 0.229 e. The van der Waals surface area contributed by atoms with E-state index >= 15 is 0 Å². The molecule has 0 saturated carbocycles. The highest BCUT2D eigenvalue weighted by atomic mass is 32.2. The summed E-state index contributed by atoms with van der Waals surface area (Å²) in [7, 11) is -1.73. The normalized spacial score (nSPS) is 11.9. The van der Waals surface area contributed by atoms with E-state index < -0.39 is 10.0 Å². The first-order valence-corrected chi connectivity index (χ1v) is 9.07. The number of pyridine rings is 1. The van der Waals surface area contributed by atoms with E-state index in [-0.39, 0.29) is 0 Å². The third-order valence-corrected chi connectivity index (χ3v) is 3.89. The fourth-order valence-corrected chi connectivity index (χ4v) is 2.83. The highest BCUT2D eigenvalue weighted by molar-refractivity contribution is 7.92. The smallest absolute Gasteiger partial charge is 0.229 e. The summed E-state index contributed by atoms with van der Waals surface area (Å²) in [6, 6.07) is 8.87. The van der Waals surface area contributed by atoms with Crippen molar-refractivity contribution in [2.45, 2.75) is 6.92 Å². The van der Waals surface area contributed by atoms with Crippen LogP contribution in [0.15, 0.2) is 48.9 Å². The molecule has 2 aromatic rings. The zero-order valence-electron chi connectivity index (χ0n) is 13.7. The van der Waals surface area contributed by atoms with E-state index in [0.717, 1.165) is 28.5 Å². The molecule has 0 spiro atoms. The molecule has 0 aliphatic rings. The predicted molar refractivity (Wildman–Crippen MR) is 94.8 cm³/mol. The summed E-state index contributed by atoms with van der Waals surface area (Å²) < 4.78 is 25.3. The van der Waals surface area contributed by atoms with Gasteiger partial charge in [-0.3, -0.25) is 14.5 Å². The number of amides is 1. The number of rotatable bonds is 6. The van der Waals surface area contributed by atoms with E-state index in [9.17, 15) is 13.2 Å². The van der Waals surface area contributed by atoms with Crippen LogP contribution < -0.4 is 4.72 Å². The van der Waals surface area contributed by atoms with Crippen molar-refractivity contribution in [3.8, 4) is 0 Å². The molecule has 0 atom stereocenters. The third-order valence-electron chi connectivity index (χ3n) is 3.29. The largest absolute Gasteiger partial charge is 0.324 e. The van der Waals surface area contributed by atoms with Crippen LogP contribution >= 0.6 is 0 Å². The molecule has 1 aromatic heterocycles. The van der Waals surface area contributed by atoms with E-state index in [0.29, 0.717) is 12.1 Å². The SMILES string of the molecule is Cc1cnccc1/C(=C\N(C)C=O)c1cccc(NS(C)(=O)=O)c1. The molecule has 1 N–H and O–H groups in total. The number of benzene rings is 1. The van der Waals surface area contributed by atoms with Gasteiger partial charge in [0.15, 0.2) is 0 Å². The molecular formula is C17H19N3O3S. The molecule has 0 saturated heterocycles. The summed E-state index contributed by atoms with van der Waals surface area (Å²) in [5, 5.41) is 0. The Labute approximate surface area is 141 Å². The molecule has 0 unspecified atom stereocenters. The maximum absolute atomic E-state index is 11.4. The van der Waals surface area contributed by atoms with Crippen molar-refractivity contribution in [1.29, 1.82) is 0 Å². The standard InChI is InChI=1S/C17H19N3O3S/c1-13-10-18-8-7-16(13)17(11-20(2)12-21)14-5-4-6-15(9-14)19-24(3,22)23/h4-12,19H,1-3H3/b17-11-. The van der Waals surface area contributed by atoms with Crippen LogP contribution in [0.2, 0.25) is 0 Å². The Morgan fingerprint density at radius 1 is 1.29 bits per heavy atom. The first-order chi connectivity index (χ1) is 11.3. The monoisotopic (exact) mass is 345 g/mol. The number of carbonyl (C=O) groups excluding carboxylic acids is 1. The van der Waals surface area contributed by atoms with Gasteiger partial charge >= 0.3 is 0 Å². The summed E-state index contributed by atoms with van der Waals surface area (Å²) in [5.41, 5.74) is 3.90. The Kier molecular flexibility index (Phi) is 5.35. The van der Waals surface area contributed by atoms with Crippen LogP contribution in [0.3, 0.4) is 0 Å². The first-order valence-electron chi connectivity index (χ1n) is 7.18. The molecule has 24 heavy (non-hydrogen) atoms. The molecule has 1 amide bonds. The van der Waals surface area contributed by atoms with E-state index in [2.05, 4.69) is 9.71 Å². The number of aromatic nitrogens is 1. The Hall–Kier alpha value is -2.67. The van der Waals surface area contributed by atoms with Gasteiger partial charge in [0.05, 0.1) is 6.26 Å². The second-order valence-corrected chi connectivity index (χ2v) is 7.21. The van der Waals surface area contributed by atoms with Crippen molar-refractivity contribution in [2.75, 3.05) is 18.0 Å². The van der Waals surface area contributed by atoms with Gasteiger partial charge in [-0.25, -0.2) is 8.42 Å². The lowest BCUT2D eigenvalue weighted by Crippen LogP contribution is -2.10. The number of nitrogens with one attached hydrogen (secondary N) is 1. The summed E-state index contributed by atoms with van der Waals surface area (Å²) in [5.74, 6) is 0. The fourth-order valence-electron chi connectivity index (χ4n) is 2.27. The van der Waals surface area contributed by atoms with E-state index in [4.69, 9.17) is 0 Å². The Morgan fingerprint density at radius 2 is 2.04 bits per heavy atom. The van der Waals surface area contributed by atoms with E-state index in [1.54, 1.807) is 43.8 Å². The predicted octanol–water partition coefficient (Wildman–Crippen LogP) is 2.24. The summed E-state index contributed by atoms with van der Waals surface area (Å²) in [6.45, 7) is 1.93. The first kappa shape index (κ1) is 17.7. The van der Waals surface area contributed by atoms with Crippen molar-refractivity contribution >= 4 is 27.7 Å². The fraction of sp³-hybridized carbons (Fsp3) is 0.176. The number of anilines is 1. The lowest BCUT2D eigenvalue weighted by atomic mass is 9.96. The van der Waals surface area contributed by atoms with Gasteiger partial charge in [0.25, 0.3) is 0 Å². The summed E-state index contributed by atoms with van der Waals surface area (Å²) >= 11 is 0. The molecule has 1 heterocycles. The number of sulfonamides is 1. The van der Waals surface area contributed by atoms with Gasteiger partial charge in [0, 0.05) is 36.9 Å². The maximum atomic E-state index is 11.4. The van der Waals surface area contributed by atoms with Gasteiger partial charge in [-0.15, -0.1) is 0 Å². The zero-order valence-corrected chi connectivity index (χ0v) is 14.5. The topological polar surface area (TPSA) is 79.4 Å². The van der Waals surface area contributed by atoms with Crippen LogP contribution in [0.4, 0.5) is 5.69 Å². The van der Waals surface area contributed by atoms with Crippen LogP contribution in [0, 0.1) is 6.92 Å². The minimum Gasteiger partial charge on any atom is -0.324 e. The molecule has 6 nitrogen and oxygen atoms in total. The lowest BCUT2D eigenvalue weighted by molar-refractivity contribution is -0.114. The van der Waals surface area contributed by atoms with E-state index in [1.807, 2.05) is 19.1 Å². The van der Waals surface area contributed by atoms with Crippen LogP contribution in [0.25, 0.3) is 5.57 Å². The molecule has 1 aromatic carbocycles. The quantitative estimate of drug-likeness (QED) is 0.814. The molecule has 7 heteroatoms. The lowest BCUT2D eigenvalue weighted by Gasteiger charge is -2.15. The zero-order chi connectivity index (χ0) is 17.7. The van der Waals surface area contributed by atoms with Crippen molar-refractivity contribution in [3.63, 3.8) is 0 Å². The van der Waals surface area contributed by atoms with Crippen molar-refractivity contribution < 1.29 is 13.2 Å². The van der Waals surface area contributed by atoms with Crippen molar-refractivity contribution in [2.24, 2.45) is 0 Å². The Bertz CT molecular complexity index is 876. The highest BCUT2D eigenvalue weighted by Crippen LogP contribution is 2.28. The van der Waals surface area contributed by atoms with Gasteiger partial charge < -0.3 is 4.90 Å². The molecule has 126 valence electrons. The van der Waals surface area contributed by atoms with Gasteiger partial charge in [0.2, 0.25) is 16.4 Å². The number of carbonyl (C=O) groups is 1. The minimum absolute atomic E-state index is 0.460. The summed E-state index contributed by atoms with van der Waals surface area (Å²) in [6.07, 6.45) is 6.92. The van der Waals surface area contributed by atoms with E-state index in [1.165, 1.54) is 4.90 Å². The average Bonchev–Trinajstić information content (AvgIpc) is 2.52. The number of hydrogen-bond donors (Lipinski definition) is 1. The van der Waals surface area contributed by atoms with Crippen LogP contribution in [-0.4, -0.2) is 38.0 Å². The van der Waals surface area contributed by atoms with Gasteiger partial charge in [0.1, 0.15) is 0 Å². The third kappa shape index (κ3) is 4.66.